The van der Waals surface area contributed by atoms with Gasteiger partial charge in [-0.15, -0.1) is 0 Å². The van der Waals surface area contributed by atoms with Crippen molar-refractivity contribution in [1.29, 1.82) is 0 Å². The number of rotatable bonds is 9. The summed E-state index contributed by atoms with van der Waals surface area (Å²) in [5.74, 6) is 0.372. The van der Waals surface area contributed by atoms with Crippen LogP contribution < -0.4 is 18.9 Å². The van der Waals surface area contributed by atoms with E-state index in [1.165, 1.54) is 19.2 Å². The van der Waals surface area contributed by atoms with Crippen LogP contribution in [0.25, 0.3) is 0 Å². The van der Waals surface area contributed by atoms with Crippen LogP contribution in [0.15, 0.2) is 41.3 Å². The van der Waals surface area contributed by atoms with Crippen LogP contribution in [0.1, 0.15) is 32.4 Å². The summed E-state index contributed by atoms with van der Waals surface area (Å²) in [5.41, 5.74) is 0.694. The molecule has 0 spiro atoms. The van der Waals surface area contributed by atoms with E-state index in [9.17, 15) is 12.8 Å². The zero-order valence-corrected chi connectivity index (χ0v) is 16.6. The molecule has 0 fully saturated rings. The van der Waals surface area contributed by atoms with Gasteiger partial charge in [-0.25, -0.2) is 17.5 Å². The zero-order valence-electron chi connectivity index (χ0n) is 15.8. The van der Waals surface area contributed by atoms with Crippen molar-refractivity contribution >= 4 is 10.0 Å². The lowest BCUT2D eigenvalue weighted by atomic mass is 10.1. The molecule has 0 bridgehead atoms. The molecule has 0 aliphatic rings. The van der Waals surface area contributed by atoms with Gasteiger partial charge in [0, 0.05) is 6.04 Å². The molecule has 8 heteroatoms. The quantitative estimate of drug-likeness (QED) is 0.699. The molecule has 0 saturated heterocycles. The van der Waals surface area contributed by atoms with Gasteiger partial charge in [-0.3, -0.25) is 0 Å². The monoisotopic (exact) mass is 397 g/mol. The average molecular weight is 397 g/mol. The number of methoxy groups -OCH3 is 1. The van der Waals surface area contributed by atoms with Gasteiger partial charge >= 0.3 is 0 Å². The molecule has 1 atom stereocenters. The number of benzene rings is 2. The van der Waals surface area contributed by atoms with E-state index < -0.39 is 21.9 Å². The SMILES string of the molecule is CCOc1ccc([C@H](C)NS(=O)(=O)c2ccc(OC)c(F)c2)cc1OCC. The maximum atomic E-state index is 13.8. The summed E-state index contributed by atoms with van der Waals surface area (Å²) in [6.45, 7) is 6.36. The molecule has 0 aliphatic heterocycles. The third kappa shape index (κ3) is 5.11. The van der Waals surface area contributed by atoms with Crippen molar-refractivity contribution in [3.63, 3.8) is 0 Å². The number of nitrogens with one attached hydrogen (secondary N) is 1. The van der Waals surface area contributed by atoms with Gasteiger partial charge in [0.05, 0.1) is 25.2 Å². The van der Waals surface area contributed by atoms with Crippen molar-refractivity contribution in [3.05, 3.63) is 47.8 Å². The van der Waals surface area contributed by atoms with Crippen molar-refractivity contribution in [2.45, 2.75) is 31.7 Å². The number of hydrogen-bond acceptors (Lipinski definition) is 5. The van der Waals surface area contributed by atoms with Crippen molar-refractivity contribution < 1.29 is 27.0 Å². The fraction of sp³-hybridized carbons (Fsp3) is 0.368. The maximum absolute atomic E-state index is 13.8. The fourth-order valence-electron chi connectivity index (χ4n) is 2.52. The van der Waals surface area contributed by atoms with E-state index in [2.05, 4.69) is 4.72 Å². The molecule has 6 nitrogen and oxygen atoms in total. The Hall–Kier alpha value is -2.32. The largest absolute Gasteiger partial charge is 0.494 e. The molecule has 0 unspecified atom stereocenters. The Morgan fingerprint density at radius 3 is 2.22 bits per heavy atom. The second-order valence-electron chi connectivity index (χ2n) is 5.71. The minimum atomic E-state index is -3.92. The molecular formula is C19H24FNO5S. The van der Waals surface area contributed by atoms with Crippen LogP contribution in [0.4, 0.5) is 4.39 Å². The Bertz CT molecular complexity index is 886. The van der Waals surface area contributed by atoms with Gasteiger partial charge in [0.15, 0.2) is 23.1 Å². The highest BCUT2D eigenvalue weighted by Crippen LogP contribution is 2.31. The molecule has 0 saturated carbocycles. The van der Waals surface area contributed by atoms with Gasteiger partial charge in [0.25, 0.3) is 0 Å². The van der Waals surface area contributed by atoms with Crippen LogP contribution in [0, 0.1) is 5.82 Å². The first kappa shape index (κ1) is 21.0. The molecule has 0 aromatic heterocycles. The second-order valence-corrected chi connectivity index (χ2v) is 7.43. The molecule has 27 heavy (non-hydrogen) atoms. The summed E-state index contributed by atoms with van der Waals surface area (Å²) in [5, 5.41) is 0. The minimum absolute atomic E-state index is 0.0186. The van der Waals surface area contributed by atoms with Gasteiger partial charge < -0.3 is 14.2 Å². The Morgan fingerprint density at radius 1 is 1.00 bits per heavy atom. The molecule has 0 aliphatic carbocycles. The summed E-state index contributed by atoms with van der Waals surface area (Å²) in [7, 11) is -2.60. The standard InChI is InChI=1S/C19H24FNO5S/c1-5-25-18-9-7-14(11-19(18)26-6-2)13(3)21-27(22,23)15-8-10-17(24-4)16(20)12-15/h7-13,21H,5-6H2,1-4H3/t13-/m0/s1. The Kier molecular flexibility index (Phi) is 7.04. The van der Waals surface area contributed by atoms with Crippen LogP contribution in [0.2, 0.25) is 0 Å². The van der Waals surface area contributed by atoms with Crippen LogP contribution >= 0.6 is 0 Å². The predicted octanol–water partition coefficient (Wildman–Crippen LogP) is 3.67. The van der Waals surface area contributed by atoms with E-state index in [4.69, 9.17) is 14.2 Å². The van der Waals surface area contributed by atoms with Gasteiger partial charge in [-0.05, 0) is 56.7 Å². The van der Waals surface area contributed by atoms with E-state index in [0.717, 1.165) is 6.07 Å². The molecule has 0 amide bonds. The molecular weight excluding hydrogens is 373 g/mol. The number of halogens is 1. The molecule has 2 rings (SSSR count). The molecule has 0 heterocycles. The molecule has 148 valence electrons. The van der Waals surface area contributed by atoms with Crippen LogP contribution in [0.3, 0.4) is 0 Å². The lowest BCUT2D eigenvalue weighted by Gasteiger charge is -2.18. The third-order valence-corrected chi connectivity index (χ3v) is 5.37. The summed E-state index contributed by atoms with van der Waals surface area (Å²) in [4.78, 5) is -0.177. The van der Waals surface area contributed by atoms with Crippen molar-refractivity contribution in [2.75, 3.05) is 20.3 Å². The summed E-state index contributed by atoms with van der Waals surface area (Å²) in [6.07, 6.45) is 0. The smallest absolute Gasteiger partial charge is 0.241 e. The van der Waals surface area contributed by atoms with E-state index >= 15 is 0 Å². The molecule has 0 radical (unpaired) electrons. The van der Waals surface area contributed by atoms with Gasteiger partial charge in [0.1, 0.15) is 0 Å². The Balaban J connectivity index is 2.26. The lowest BCUT2D eigenvalue weighted by Crippen LogP contribution is -2.27. The third-order valence-electron chi connectivity index (χ3n) is 3.83. The normalized spacial score (nSPS) is 12.5. The number of hydrogen-bond donors (Lipinski definition) is 1. The molecule has 2 aromatic carbocycles. The predicted molar refractivity (Wildman–Crippen MR) is 100 cm³/mol. The van der Waals surface area contributed by atoms with Gasteiger partial charge in [-0.1, -0.05) is 6.07 Å². The zero-order chi connectivity index (χ0) is 20.0. The summed E-state index contributed by atoms with van der Waals surface area (Å²) >= 11 is 0. The second kappa shape index (κ2) is 9.05. The topological polar surface area (TPSA) is 73.9 Å². The van der Waals surface area contributed by atoms with Gasteiger partial charge in [0.2, 0.25) is 10.0 Å². The molecule has 1 N–H and O–H groups in total. The Morgan fingerprint density at radius 2 is 1.63 bits per heavy atom. The van der Waals surface area contributed by atoms with E-state index in [1.54, 1.807) is 25.1 Å². The van der Waals surface area contributed by atoms with Gasteiger partial charge in [-0.2, -0.15) is 0 Å². The minimum Gasteiger partial charge on any atom is -0.494 e. The highest BCUT2D eigenvalue weighted by Gasteiger charge is 2.21. The first-order valence-electron chi connectivity index (χ1n) is 8.57. The lowest BCUT2D eigenvalue weighted by molar-refractivity contribution is 0.287. The van der Waals surface area contributed by atoms with Crippen molar-refractivity contribution in [3.8, 4) is 17.2 Å². The highest BCUT2D eigenvalue weighted by molar-refractivity contribution is 7.89. The fourth-order valence-corrected chi connectivity index (χ4v) is 3.76. The first-order valence-corrected chi connectivity index (χ1v) is 10.1. The number of ether oxygens (including phenoxy) is 3. The van der Waals surface area contributed by atoms with Crippen molar-refractivity contribution in [2.24, 2.45) is 0 Å². The average Bonchev–Trinajstić information content (AvgIpc) is 2.63. The van der Waals surface area contributed by atoms with Crippen molar-refractivity contribution in [1.82, 2.24) is 4.72 Å². The van der Waals surface area contributed by atoms with E-state index in [-0.39, 0.29) is 10.6 Å². The number of sulfonamides is 1. The van der Waals surface area contributed by atoms with Crippen LogP contribution in [0.5, 0.6) is 17.2 Å². The first-order chi connectivity index (χ1) is 12.8. The maximum Gasteiger partial charge on any atom is 0.241 e. The summed E-state index contributed by atoms with van der Waals surface area (Å²) < 4.78 is 57.4. The van der Waals surface area contributed by atoms with Crippen LogP contribution in [-0.4, -0.2) is 28.7 Å². The van der Waals surface area contributed by atoms with E-state index in [0.29, 0.717) is 30.3 Å². The highest BCUT2D eigenvalue weighted by atomic mass is 32.2. The van der Waals surface area contributed by atoms with E-state index in [1.807, 2.05) is 13.8 Å². The Labute approximate surface area is 159 Å². The summed E-state index contributed by atoms with van der Waals surface area (Å²) in [6, 6.07) is 8.17. The molecule has 2 aromatic rings. The van der Waals surface area contributed by atoms with Crippen LogP contribution in [-0.2, 0) is 10.0 Å².